The summed E-state index contributed by atoms with van der Waals surface area (Å²) in [4.78, 5) is 11.0. The lowest BCUT2D eigenvalue weighted by atomic mass is 10.1. The van der Waals surface area contributed by atoms with Gasteiger partial charge in [-0.05, 0) is 26.3 Å². The Labute approximate surface area is 85.4 Å². The van der Waals surface area contributed by atoms with Crippen molar-refractivity contribution in [3.8, 4) is 0 Å². The molecular formula is C8H19ClN2O2. The van der Waals surface area contributed by atoms with Crippen LogP contribution in [0.5, 0.6) is 0 Å². The number of ether oxygens (including phenoxy) is 1. The van der Waals surface area contributed by atoms with E-state index in [0.29, 0.717) is 19.6 Å². The third kappa shape index (κ3) is 8.02. The highest BCUT2D eigenvalue weighted by Gasteiger charge is 2.12. The van der Waals surface area contributed by atoms with Gasteiger partial charge in [-0.1, -0.05) is 6.42 Å². The Morgan fingerprint density at radius 3 is 2.54 bits per heavy atom. The number of hydrogen-bond acceptors (Lipinski definition) is 4. The summed E-state index contributed by atoms with van der Waals surface area (Å²) in [5, 5.41) is 0. The second-order valence-corrected chi connectivity index (χ2v) is 2.64. The predicted octanol–water partition coefficient (Wildman–Crippen LogP) is 0.428. The van der Waals surface area contributed by atoms with Gasteiger partial charge in [0.05, 0.1) is 6.61 Å². The summed E-state index contributed by atoms with van der Waals surface area (Å²) >= 11 is 0. The molecule has 0 aromatic heterocycles. The van der Waals surface area contributed by atoms with Crippen LogP contribution in [0.4, 0.5) is 0 Å². The zero-order valence-corrected chi connectivity index (χ0v) is 8.81. The van der Waals surface area contributed by atoms with Gasteiger partial charge in [-0.15, -0.1) is 12.4 Å². The molecule has 0 aromatic rings. The first-order valence-corrected chi connectivity index (χ1v) is 4.34. The topological polar surface area (TPSA) is 78.3 Å². The van der Waals surface area contributed by atoms with Crippen LogP contribution in [0.3, 0.4) is 0 Å². The largest absolute Gasteiger partial charge is 0.465 e. The van der Waals surface area contributed by atoms with E-state index in [1.807, 2.05) is 0 Å². The van der Waals surface area contributed by atoms with Crippen LogP contribution in [-0.2, 0) is 9.53 Å². The molecule has 0 aliphatic heterocycles. The summed E-state index contributed by atoms with van der Waals surface area (Å²) in [5.74, 6) is -0.311. The van der Waals surface area contributed by atoms with Crippen LogP contribution in [0.25, 0.3) is 0 Å². The molecule has 5 heteroatoms. The van der Waals surface area contributed by atoms with E-state index in [0.717, 1.165) is 12.8 Å². The van der Waals surface area contributed by atoms with E-state index in [9.17, 15) is 4.79 Å². The molecule has 0 unspecified atom stereocenters. The summed E-state index contributed by atoms with van der Waals surface area (Å²) in [6.07, 6.45) is 2.46. The second-order valence-electron chi connectivity index (χ2n) is 2.64. The highest BCUT2D eigenvalue weighted by molar-refractivity contribution is 5.85. The highest BCUT2D eigenvalue weighted by atomic mass is 35.5. The van der Waals surface area contributed by atoms with Crippen molar-refractivity contribution in [2.45, 2.75) is 32.2 Å². The summed E-state index contributed by atoms with van der Waals surface area (Å²) in [6.45, 7) is 2.81. The number of halogens is 1. The van der Waals surface area contributed by atoms with Crippen LogP contribution in [-0.4, -0.2) is 25.2 Å². The highest BCUT2D eigenvalue weighted by Crippen LogP contribution is 1.99. The Morgan fingerprint density at radius 1 is 1.46 bits per heavy atom. The van der Waals surface area contributed by atoms with E-state index in [1.165, 1.54) is 0 Å². The van der Waals surface area contributed by atoms with Crippen molar-refractivity contribution < 1.29 is 9.53 Å². The summed E-state index contributed by atoms with van der Waals surface area (Å²) < 4.78 is 4.74. The van der Waals surface area contributed by atoms with Gasteiger partial charge in [-0.2, -0.15) is 0 Å². The molecule has 13 heavy (non-hydrogen) atoms. The number of hydrogen-bond donors (Lipinski definition) is 2. The zero-order valence-electron chi connectivity index (χ0n) is 7.99. The molecule has 0 spiro atoms. The molecule has 4 N–H and O–H groups in total. The molecule has 0 radical (unpaired) electrons. The minimum atomic E-state index is -0.475. The van der Waals surface area contributed by atoms with E-state index in [-0.39, 0.29) is 18.4 Å². The van der Waals surface area contributed by atoms with Crippen LogP contribution >= 0.6 is 12.4 Å². The maximum Gasteiger partial charge on any atom is 0.322 e. The van der Waals surface area contributed by atoms with Crippen molar-refractivity contribution in [1.82, 2.24) is 0 Å². The zero-order chi connectivity index (χ0) is 9.40. The molecular weight excluding hydrogens is 192 g/mol. The molecule has 4 nitrogen and oxygen atoms in total. The van der Waals surface area contributed by atoms with Gasteiger partial charge < -0.3 is 16.2 Å². The van der Waals surface area contributed by atoms with Crippen LogP contribution in [0.15, 0.2) is 0 Å². The number of rotatable bonds is 6. The molecule has 0 saturated heterocycles. The molecule has 0 heterocycles. The van der Waals surface area contributed by atoms with Gasteiger partial charge in [0.2, 0.25) is 0 Å². The Morgan fingerprint density at radius 2 is 2.08 bits per heavy atom. The third-order valence-corrected chi connectivity index (χ3v) is 1.56. The second kappa shape index (κ2) is 9.77. The maximum absolute atomic E-state index is 11.0. The lowest BCUT2D eigenvalue weighted by molar-refractivity contribution is -0.144. The third-order valence-electron chi connectivity index (χ3n) is 1.56. The minimum absolute atomic E-state index is 0. The molecule has 0 saturated carbocycles. The van der Waals surface area contributed by atoms with Crippen LogP contribution < -0.4 is 11.5 Å². The van der Waals surface area contributed by atoms with E-state index < -0.39 is 6.04 Å². The number of esters is 1. The molecule has 1 atom stereocenters. The van der Waals surface area contributed by atoms with Crippen molar-refractivity contribution >= 4 is 18.4 Å². The molecule has 0 fully saturated rings. The van der Waals surface area contributed by atoms with Gasteiger partial charge in [-0.3, -0.25) is 4.79 Å². The monoisotopic (exact) mass is 210 g/mol. The smallest absolute Gasteiger partial charge is 0.322 e. The molecule has 80 valence electrons. The van der Waals surface area contributed by atoms with E-state index in [1.54, 1.807) is 6.92 Å². The molecule has 0 bridgehead atoms. The van der Waals surface area contributed by atoms with Crippen molar-refractivity contribution in [2.24, 2.45) is 11.5 Å². The van der Waals surface area contributed by atoms with Gasteiger partial charge in [0.25, 0.3) is 0 Å². The fourth-order valence-corrected chi connectivity index (χ4v) is 0.876. The Bertz CT molecular complexity index is 133. The van der Waals surface area contributed by atoms with Gasteiger partial charge in [0.1, 0.15) is 6.04 Å². The fraction of sp³-hybridized carbons (Fsp3) is 0.875. The molecule has 0 rings (SSSR count). The summed E-state index contributed by atoms with van der Waals surface area (Å²) in [6, 6.07) is -0.475. The predicted molar refractivity (Wildman–Crippen MR) is 54.8 cm³/mol. The molecule has 0 aliphatic carbocycles. The molecule has 0 aliphatic rings. The quantitative estimate of drug-likeness (QED) is 0.492. The Kier molecular flexibility index (Phi) is 11.4. The van der Waals surface area contributed by atoms with Crippen LogP contribution in [0.2, 0.25) is 0 Å². The molecule has 0 amide bonds. The van der Waals surface area contributed by atoms with Crippen LogP contribution in [0.1, 0.15) is 26.2 Å². The van der Waals surface area contributed by atoms with Crippen molar-refractivity contribution in [3.05, 3.63) is 0 Å². The van der Waals surface area contributed by atoms with Crippen molar-refractivity contribution in [2.75, 3.05) is 13.2 Å². The lowest BCUT2D eigenvalue weighted by Gasteiger charge is -2.09. The fourth-order valence-electron chi connectivity index (χ4n) is 0.876. The first-order chi connectivity index (χ1) is 5.72. The first-order valence-electron chi connectivity index (χ1n) is 4.34. The van der Waals surface area contributed by atoms with E-state index in [2.05, 4.69) is 0 Å². The summed E-state index contributed by atoms with van der Waals surface area (Å²) in [7, 11) is 0. The Hall–Kier alpha value is -0.320. The van der Waals surface area contributed by atoms with E-state index >= 15 is 0 Å². The normalized spacial score (nSPS) is 11.6. The maximum atomic E-state index is 11.0. The number of nitrogens with two attached hydrogens (primary N) is 2. The van der Waals surface area contributed by atoms with Crippen molar-refractivity contribution in [3.63, 3.8) is 0 Å². The lowest BCUT2D eigenvalue weighted by Crippen LogP contribution is -2.32. The first kappa shape index (κ1) is 15.2. The molecule has 0 aromatic carbocycles. The van der Waals surface area contributed by atoms with Gasteiger partial charge in [0.15, 0.2) is 0 Å². The SMILES string of the molecule is CCOC(=O)[C@H](N)CCCCN.Cl. The van der Waals surface area contributed by atoms with Gasteiger partial charge in [0, 0.05) is 0 Å². The van der Waals surface area contributed by atoms with Gasteiger partial charge in [-0.25, -0.2) is 0 Å². The van der Waals surface area contributed by atoms with Crippen molar-refractivity contribution in [1.29, 1.82) is 0 Å². The Balaban J connectivity index is 0. The minimum Gasteiger partial charge on any atom is -0.465 e. The average molecular weight is 211 g/mol. The van der Waals surface area contributed by atoms with Gasteiger partial charge >= 0.3 is 5.97 Å². The average Bonchev–Trinajstić information content (AvgIpc) is 2.05. The van der Waals surface area contributed by atoms with Crippen LogP contribution in [0, 0.1) is 0 Å². The number of carbonyl (C=O) groups excluding carboxylic acids is 1. The number of unbranched alkanes of at least 4 members (excludes halogenated alkanes) is 1. The standard InChI is InChI=1S/C8H18N2O2.ClH/c1-2-12-8(11)7(10)5-3-4-6-9;/h7H,2-6,9-10H2,1H3;1H/t7-;/m1./s1. The number of carbonyl (C=O) groups is 1. The van der Waals surface area contributed by atoms with E-state index in [4.69, 9.17) is 16.2 Å². The summed E-state index contributed by atoms with van der Waals surface area (Å²) in [5.41, 5.74) is 10.8.